The predicted octanol–water partition coefficient (Wildman–Crippen LogP) is 1.57. The molecule has 3 rings (SSSR count). The van der Waals surface area contributed by atoms with Gasteiger partial charge in [0.1, 0.15) is 6.54 Å². The molecule has 26 heavy (non-hydrogen) atoms. The van der Waals surface area contributed by atoms with E-state index < -0.39 is 5.97 Å². The molecule has 8 heteroatoms. The van der Waals surface area contributed by atoms with Crippen LogP contribution in [0.4, 0.5) is 5.69 Å². The van der Waals surface area contributed by atoms with Crippen molar-refractivity contribution in [2.24, 2.45) is 5.92 Å². The highest BCUT2D eigenvalue weighted by Crippen LogP contribution is 2.26. The van der Waals surface area contributed by atoms with E-state index in [1.165, 1.54) is 0 Å². The van der Waals surface area contributed by atoms with Crippen molar-refractivity contribution >= 4 is 17.6 Å². The molecule has 1 saturated heterocycles. The van der Waals surface area contributed by atoms with E-state index in [9.17, 15) is 9.59 Å². The normalized spacial score (nSPS) is 29.4. The number of aliphatic carboxylic acids is 1. The Morgan fingerprint density at radius 2 is 1.88 bits per heavy atom. The van der Waals surface area contributed by atoms with Gasteiger partial charge in [-0.2, -0.15) is 5.10 Å². The van der Waals surface area contributed by atoms with Gasteiger partial charge >= 0.3 is 5.97 Å². The Balaban J connectivity index is 1.49. The van der Waals surface area contributed by atoms with E-state index in [1.54, 1.807) is 10.9 Å². The molecule has 2 heterocycles. The second kappa shape index (κ2) is 8.07. The van der Waals surface area contributed by atoms with Gasteiger partial charge in [-0.1, -0.05) is 0 Å². The number of rotatable bonds is 5. The minimum atomic E-state index is -0.693. The van der Waals surface area contributed by atoms with Gasteiger partial charge in [0.05, 0.1) is 30.0 Å². The van der Waals surface area contributed by atoms with Gasteiger partial charge < -0.3 is 20.1 Å². The van der Waals surface area contributed by atoms with Crippen molar-refractivity contribution in [3.05, 3.63) is 12.4 Å². The lowest BCUT2D eigenvalue weighted by Crippen LogP contribution is -2.49. The zero-order valence-electron chi connectivity index (χ0n) is 15.4. The van der Waals surface area contributed by atoms with Crippen LogP contribution in [0.1, 0.15) is 39.5 Å². The van der Waals surface area contributed by atoms with Gasteiger partial charge in [-0.05, 0) is 39.5 Å². The molecule has 0 aromatic carbocycles. The number of morpholine rings is 1. The Labute approximate surface area is 153 Å². The summed E-state index contributed by atoms with van der Waals surface area (Å²) in [6, 6.07) is 0.264. The van der Waals surface area contributed by atoms with E-state index in [4.69, 9.17) is 9.84 Å². The van der Waals surface area contributed by atoms with Crippen LogP contribution < -0.4 is 5.32 Å². The van der Waals surface area contributed by atoms with E-state index >= 15 is 0 Å². The molecule has 1 aromatic rings. The molecular formula is C18H28N4O4. The summed E-state index contributed by atoms with van der Waals surface area (Å²) in [5.41, 5.74) is 0.875. The number of hydrogen-bond acceptors (Lipinski definition) is 5. The quantitative estimate of drug-likeness (QED) is 0.823. The van der Waals surface area contributed by atoms with Crippen molar-refractivity contribution in [3.8, 4) is 0 Å². The van der Waals surface area contributed by atoms with Gasteiger partial charge in [0, 0.05) is 25.3 Å². The van der Waals surface area contributed by atoms with Gasteiger partial charge in [-0.15, -0.1) is 0 Å². The second-order valence-corrected chi connectivity index (χ2v) is 7.51. The third-order valence-corrected chi connectivity index (χ3v) is 5.15. The maximum absolute atomic E-state index is 12.5. The zero-order chi connectivity index (χ0) is 18.7. The molecule has 2 unspecified atom stereocenters. The number of carboxylic acid groups (broad SMARTS) is 1. The number of carbonyl (C=O) groups is 2. The Morgan fingerprint density at radius 1 is 1.23 bits per heavy atom. The molecule has 1 saturated carbocycles. The monoisotopic (exact) mass is 364 g/mol. The molecule has 2 aliphatic rings. The molecule has 2 atom stereocenters. The van der Waals surface area contributed by atoms with Gasteiger partial charge in [0.2, 0.25) is 5.91 Å². The molecule has 0 spiro atoms. The third kappa shape index (κ3) is 4.75. The van der Waals surface area contributed by atoms with Crippen LogP contribution >= 0.6 is 0 Å². The Hall–Kier alpha value is -2.09. The first-order chi connectivity index (χ1) is 12.4. The molecule has 1 aliphatic heterocycles. The van der Waals surface area contributed by atoms with Crippen LogP contribution in [0.5, 0.6) is 0 Å². The number of hydrogen-bond donors (Lipinski definition) is 2. The Bertz CT molecular complexity index is 629. The summed E-state index contributed by atoms with van der Waals surface area (Å²) < 4.78 is 7.32. The minimum absolute atomic E-state index is 0.0450. The highest BCUT2D eigenvalue weighted by Gasteiger charge is 2.27. The molecule has 0 radical (unpaired) electrons. The predicted molar refractivity (Wildman–Crippen MR) is 95.8 cm³/mol. The summed E-state index contributed by atoms with van der Waals surface area (Å²) in [5.74, 6) is -0.864. The number of nitrogens with zero attached hydrogens (tertiary/aromatic N) is 3. The van der Waals surface area contributed by atoms with Gasteiger partial charge in [-0.25, -0.2) is 0 Å². The van der Waals surface area contributed by atoms with Crippen molar-refractivity contribution < 1.29 is 19.4 Å². The average molecular weight is 364 g/mol. The highest BCUT2D eigenvalue weighted by molar-refractivity contribution is 5.76. The first-order valence-electron chi connectivity index (χ1n) is 9.35. The first-order valence-corrected chi connectivity index (χ1v) is 9.35. The SMILES string of the molecule is CC1CN(C(=O)Cn2cc(NC3CCC(C(=O)O)CC3)cn2)CC(C)O1. The second-order valence-electron chi connectivity index (χ2n) is 7.51. The Morgan fingerprint density at radius 3 is 2.50 bits per heavy atom. The fraction of sp³-hybridized carbons (Fsp3) is 0.722. The summed E-state index contributed by atoms with van der Waals surface area (Å²) in [7, 11) is 0. The zero-order valence-corrected chi connectivity index (χ0v) is 15.4. The fourth-order valence-electron chi connectivity index (χ4n) is 3.87. The van der Waals surface area contributed by atoms with Crippen LogP contribution in [-0.2, 0) is 20.9 Å². The van der Waals surface area contributed by atoms with Gasteiger partial charge in [0.25, 0.3) is 0 Å². The summed E-state index contributed by atoms with van der Waals surface area (Å²) in [6.45, 7) is 5.40. The van der Waals surface area contributed by atoms with Crippen molar-refractivity contribution in [3.63, 3.8) is 0 Å². The number of ether oxygens (including phenoxy) is 1. The lowest BCUT2D eigenvalue weighted by Gasteiger charge is -2.35. The van der Waals surface area contributed by atoms with Crippen molar-refractivity contribution in [1.82, 2.24) is 14.7 Å². The molecule has 144 valence electrons. The summed E-state index contributed by atoms with van der Waals surface area (Å²) in [5, 5.41) is 16.7. The van der Waals surface area contributed by atoms with Crippen molar-refractivity contribution in [2.45, 2.75) is 64.3 Å². The fourth-order valence-corrected chi connectivity index (χ4v) is 3.87. The maximum Gasteiger partial charge on any atom is 0.306 e. The lowest BCUT2D eigenvalue weighted by atomic mass is 9.86. The van der Waals surface area contributed by atoms with Crippen LogP contribution in [0.2, 0.25) is 0 Å². The molecule has 2 fully saturated rings. The van der Waals surface area contributed by atoms with E-state index in [0.29, 0.717) is 25.9 Å². The number of aromatic nitrogens is 2. The highest BCUT2D eigenvalue weighted by atomic mass is 16.5. The van der Waals surface area contributed by atoms with Crippen LogP contribution in [0.3, 0.4) is 0 Å². The molecule has 1 aromatic heterocycles. The standard InChI is InChI=1S/C18H28N4O4/c1-12-8-21(9-13(2)26-12)17(23)11-22-10-16(7-19-22)20-15-5-3-14(4-6-15)18(24)25/h7,10,12-15,20H,3-6,8-9,11H2,1-2H3,(H,24,25). The minimum Gasteiger partial charge on any atom is -0.481 e. The number of carbonyl (C=O) groups excluding carboxylic acids is 1. The van der Waals surface area contributed by atoms with Crippen LogP contribution in [0, 0.1) is 5.92 Å². The van der Waals surface area contributed by atoms with Crippen molar-refractivity contribution in [2.75, 3.05) is 18.4 Å². The van der Waals surface area contributed by atoms with Crippen LogP contribution in [0.15, 0.2) is 12.4 Å². The number of nitrogens with one attached hydrogen (secondary N) is 1. The first kappa shape index (κ1) is 18.7. The maximum atomic E-state index is 12.5. The number of anilines is 1. The molecule has 1 amide bonds. The average Bonchev–Trinajstić information content (AvgIpc) is 3.01. The van der Waals surface area contributed by atoms with E-state index in [0.717, 1.165) is 18.5 Å². The van der Waals surface area contributed by atoms with Gasteiger partial charge in [-0.3, -0.25) is 14.3 Å². The van der Waals surface area contributed by atoms with Crippen LogP contribution in [0.25, 0.3) is 0 Å². The summed E-state index contributed by atoms with van der Waals surface area (Å²) >= 11 is 0. The molecular weight excluding hydrogens is 336 g/mol. The number of carboxylic acids is 1. The van der Waals surface area contributed by atoms with Crippen molar-refractivity contribution in [1.29, 1.82) is 0 Å². The topological polar surface area (TPSA) is 96.7 Å². The molecule has 8 nitrogen and oxygen atoms in total. The van der Waals surface area contributed by atoms with E-state index in [1.807, 2.05) is 24.9 Å². The molecule has 1 aliphatic carbocycles. The lowest BCUT2D eigenvalue weighted by molar-refractivity contribution is -0.144. The third-order valence-electron chi connectivity index (χ3n) is 5.15. The van der Waals surface area contributed by atoms with Crippen LogP contribution in [-0.4, -0.2) is 63.0 Å². The molecule has 0 bridgehead atoms. The smallest absolute Gasteiger partial charge is 0.306 e. The molecule has 2 N–H and O–H groups in total. The number of amides is 1. The summed E-state index contributed by atoms with van der Waals surface area (Å²) in [4.78, 5) is 25.3. The summed E-state index contributed by atoms with van der Waals surface area (Å²) in [6.07, 6.45) is 6.75. The van der Waals surface area contributed by atoms with E-state index in [2.05, 4.69) is 10.4 Å². The van der Waals surface area contributed by atoms with E-state index in [-0.39, 0.29) is 36.6 Å². The Kier molecular flexibility index (Phi) is 5.80. The van der Waals surface area contributed by atoms with Gasteiger partial charge in [0.15, 0.2) is 0 Å². The largest absolute Gasteiger partial charge is 0.481 e.